The molecule has 0 fully saturated rings. The minimum atomic E-state index is -4.99. The Morgan fingerprint density at radius 1 is 0.962 bits per heavy atom. The quantitative estimate of drug-likeness (QED) is 0.563. The largest absolute Gasteiger partial charge is 0.524 e. The predicted octanol–water partition coefficient (Wildman–Crippen LogP) is 2.96. The van der Waals surface area contributed by atoms with E-state index >= 15 is 0 Å². The van der Waals surface area contributed by atoms with Gasteiger partial charge in [-0.3, -0.25) is 19.6 Å². The molecular weight excluding hydrogens is 382 g/mol. The van der Waals surface area contributed by atoms with Crippen LogP contribution >= 0.6 is 15.6 Å². The summed E-state index contributed by atoms with van der Waals surface area (Å²) in [6.07, 6.45) is 2.14. The molecule has 1 aliphatic carbocycles. The van der Waals surface area contributed by atoms with Crippen LogP contribution in [0.15, 0.2) is 30.3 Å². The summed E-state index contributed by atoms with van der Waals surface area (Å²) in [7, 11) is -9.94. The van der Waals surface area contributed by atoms with Crippen LogP contribution in [-0.2, 0) is 28.4 Å². The summed E-state index contributed by atoms with van der Waals surface area (Å²) in [5, 5.41) is 0. The van der Waals surface area contributed by atoms with Gasteiger partial charge in [0, 0.05) is 5.56 Å². The lowest BCUT2D eigenvalue weighted by Crippen LogP contribution is -2.09. The van der Waals surface area contributed by atoms with Gasteiger partial charge in [-0.05, 0) is 47.6 Å². The number of phosphoric acid groups is 2. The monoisotopic (exact) mass is 400 g/mol. The standard InChI is InChI=1S/C16H18O8P2/c1-2-10-4-3-5-13-12(10)8-6-11-7-9-14(23-25(17,18)19)16(15(11)13)24-26(20,21)22/h3-5,7,9H,2,6,8H2,1H3,(H2,17,18,19)(H2,20,21,22). The van der Waals surface area contributed by atoms with Crippen LogP contribution in [0, 0.1) is 0 Å². The molecule has 2 aromatic rings. The van der Waals surface area contributed by atoms with Crippen molar-refractivity contribution in [1.82, 2.24) is 0 Å². The molecule has 140 valence electrons. The molecule has 0 atom stereocenters. The van der Waals surface area contributed by atoms with Gasteiger partial charge in [0.1, 0.15) is 0 Å². The predicted molar refractivity (Wildman–Crippen MR) is 94.0 cm³/mol. The number of hydrogen-bond acceptors (Lipinski definition) is 4. The SMILES string of the molecule is CCc1cccc2c1CCc1ccc(OP(=O)(O)O)c(OP(=O)(O)O)c1-2. The van der Waals surface area contributed by atoms with Crippen LogP contribution in [0.2, 0.25) is 0 Å². The fourth-order valence-corrected chi connectivity index (χ4v) is 4.09. The van der Waals surface area contributed by atoms with E-state index in [-0.39, 0.29) is 5.75 Å². The van der Waals surface area contributed by atoms with Gasteiger partial charge in [-0.2, -0.15) is 0 Å². The molecule has 4 N–H and O–H groups in total. The average molecular weight is 400 g/mol. The maximum Gasteiger partial charge on any atom is 0.524 e. The summed E-state index contributed by atoms with van der Waals surface area (Å²) in [4.78, 5) is 36.8. The van der Waals surface area contributed by atoms with Gasteiger partial charge in [-0.15, -0.1) is 0 Å². The number of rotatable bonds is 5. The summed E-state index contributed by atoms with van der Waals surface area (Å²) < 4.78 is 32.1. The minimum absolute atomic E-state index is 0.367. The van der Waals surface area contributed by atoms with Gasteiger partial charge in [-0.25, -0.2) is 9.13 Å². The van der Waals surface area contributed by atoms with Crippen molar-refractivity contribution in [1.29, 1.82) is 0 Å². The molecule has 0 radical (unpaired) electrons. The molecule has 0 saturated heterocycles. The van der Waals surface area contributed by atoms with E-state index in [9.17, 15) is 18.9 Å². The summed E-state index contributed by atoms with van der Waals surface area (Å²) in [6.45, 7) is 2.01. The van der Waals surface area contributed by atoms with Crippen LogP contribution < -0.4 is 9.05 Å². The maximum atomic E-state index is 11.5. The Labute approximate surface area is 149 Å². The smallest absolute Gasteiger partial charge is 0.400 e. The Morgan fingerprint density at radius 2 is 1.65 bits per heavy atom. The Balaban J connectivity index is 2.28. The van der Waals surface area contributed by atoms with Crippen molar-refractivity contribution in [3.8, 4) is 22.6 Å². The number of benzene rings is 2. The highest BCUT2D eigenvalue weighted by Gasteiger charge is 2.31. The Bertz CT molecular complexity index is 944. The fourth-order valence-electron chi connectivity index (χ4n) is 3.27. The second-order valence-electron chi connectivity index (χ2n) is 5.89. The van der Waals surface area contributed by atoms with Gasteiger partial charge in [0.15, 0.2) is 11.5 Å². The average Bonchev–Trinajstić information content (AvgIpc) is 2.53. The summed E-state index contributed by atoms with van der Waals surface area (Å²) in [5.74, 6) is -0.788. The van der Waals surface area contributed by atoms with Crippen LogP contribution in [0.1, 0.15) is 23.6 Å². The van der Waals surface area contributed by atoms with Crippen LogP contribution in [0.25, 0.3) is 11.1 Å². The molecule has 0 aliphatic heterocycles. The zero-order valence-electron chi connectivity index (χ0n) is 13.8. The summed E-state index contributed by atoms with van der Waals surface area (Å²) in [5.41, 5.74) is 3.97. The Hall–Kier alpha value is -1.66. The molecule has 0 heterocycles. The molecule has 0 spiro atoms. The molecule has 8 nitrogen and oxygen atoms in total. The van der Waals surface area contributed by atoms with Gasteiger partial charge in [0.05, 0.1) is 0 Å². The van der Waals surface area contributed by atoms with E-state index in [0.717, 1.165) is 29.5 Å². The molecule has 0 unspecified atom stereocenters. The first kappa shape index (κ1) is 19.1. The molecule has 26 heavy (non-hydrogen) atoms. The van der Waals surface area contributed by atoms with Gasteiger partial charge >= 0.3 is 15.6 Å². The molecular formula is C16H18O8P2. The molecule has 0 aromatic heterocycles. The van der Waals surface area contributed by atoms with Crippen molar-refractivity contribution >= 4 is 15.6 Å². The highest BCUT2D eigenvalue weighted by molar-refractivity contribution is 7.47. The van der Waals surface area contributed by atoms with Crippen molar-refractivity contribution in [3.63, 3.8) is 0 Å². The number of phosphoric ester groups is 2. The zero-order valence-corrected chi connectivity index (χ0v) is 15.6. The van der Waals surface area contributed by atoms with Gasteiger partial charge in [0.25, 0.3) is 0 Å². The second-order valence-corrected chi connectivity index (χ2v) is 8.21. The lowest BCUT2D eigenvalue weighted by molar-refractivity contribution is 0.264. The summed E-state index contributed by atoms with van der Waals surface area (Å²) >= 11 is 0. The highest BCUT2D eigenvalue weighted by atomic mass is 31.2. The van der Waals surface area contributed by atoms with Gasteiger partial charge in [0.2, 0.25) is 0 Å². The lowest BCUT2D eigenvalue weighted by Gasteiger charge is -2.26. The molecule has 0 saturated carbocycles. The van der Waals surface area contributed by atoms with Crippen molar-refractivity contribution in [2.45, 2.75) is 26.2 Å². The Kier molecular flexibility index (Phi) is 5.01. The maximum absolute atomic E-state index is 11.5. The van der Waals surface area contributed by atoms with Crippen molar-refractivity contribution < 1.29 is 37.8 Å². The molecule has 3 rings (SSSR count). The second kappa shape index (κ2) is 6.82. The lowest BCUT2D eigenvalue weighted by atomic mass is 9.82. The normalized spacial score (nSPS) is 13.7. The van der Waals surface area contributed by atoms with Crippen LogP contribution in [0.4, 0.5) is 0 Å². The molecule has 0 bridgehead atoms. The summed E-state index contributed by atoms with van der Waals surface area (Å²) in [6, 6.07) is 8.46. The third-order valence-corrected chi connectivity index (χ3v) is 5.06. The molecule has 10 heteroatoms. The fraction of sp³-hybridized carbons (Fsp3) is 0.250. The first-order valence-electron chi connectivity index (χ1n) is 7.86. The number of hydrogen-bond donors (Lipinski definition) is 4. The first-order chi connectivity index (χ1) is 12.1. The Morgan fingerprint density at radius 3 is 2.27 bits per heavy atom. The van der Waals surface area contributed by atoms with E-state index in [1.165, 1.54) is 6.07 Å². The third kappa shape index (κ3) is 4.01. The van der Waals surface area contributed by atoms with Gasteiger partial charge < -0.3 is 9.05 Å². The van der Waals surface area contributed by atoms with Crippen LogP contribution in [0.5, 0.6) is 11.5 Å². The minimum Gasteiger partial charge on any atom is -0.400 e. The van der Waals surface area contributed by atoms with E-state index in [0.29, 0.717) is 17.5 Å². The number of aryl methyl sites for hydroxylation is 2. The van der Waals surface area contributed by atoms with E-state index in [1.54, 1.807) is 12.1 Å². The highest BCUT2D eigenvalue weighted by Crippen LogP contribution is 2.53. The van der Waals surface area contributed by atoms with Crippen LogP contribution in [0.3, 0.4) is 0 Å². The van der Waals surface area contributed by atoms with Crippen LogP contribution in [-0.4, -0.2) is 19.6 Å². The van der Waals surface area contributed by atoms with Crippen molar-refractivity contribution in [2.75, 3.05) is 0 Å². The van der Waals surface area contributed by atoms with Crippen molar-refractivity contribution in [2.24, 2.45) is 0 Å². The third-order valence-electron chi connectivity index (χ3n) is 4.20. The van der Waals surface area contributed by atoms with E-state index in [2.05, 4.69) is 4.52 Å². The van der Waals surface area contributed by atoms with E-state index in [1.807, 2.05) is 19.1 Å². The molecule has 0 amide bonds. The molecule has 2 aromatic carbocycles. The van der Waals surface area contributed by atoms with E-state index in [4.69, 9.17) is 14.3 Å². The first-order valence-corrected chi connectivity index (χ1v) is 10.9. The van der Waals surface area contributed by atoms with E-state index < -0.39 is 21.4 Å². The molecule has 1 aliphatic rings. The number of fused-ring (bicyclic) bond motifs is 3. The van der Waals surface area contributed by atoms with Gasteiger partial charge in [-0.1, -0.05) is 31.2 Å². The topological polar surface area (TPSA) is 134 Å². The van der Waals surface area contributed by atoms with Crippen molar-refractivity contribution in [3.05, 3.63) is 47.0 Å². The zero-order chi connectivity index (χ0) is 19.1.